The maximum atomic E-state index is 13.1. The second kappa shape index (κ2) is 10.2. The lowest BCUT2D eigenvalue weighted by atomic mass is 9.94. The quantitative estimate of drug-likeness (QED) is 0.276. The van der Waals surface area contributed by atoms with Gasteiger partial charge in [-0.15, -0.1) is 0 Å². The largest absolute Gasteiger partial charge is 0.507 e. The van der Waals surface area contributed by atoms with Crippen LogP contribution in [0.25, 0.3) is 5.76 Å². The second-order valence-corrected chi connectivity index (χ2v) is 7.18. The molecule has 170 valence electrons. The molecule has 0 radical (unpaired) electrons. The fraction of sp³-hybridized carbons (Fsp3) is 0.333. The smallest absolute Gasteiger partial charge is 0.295 e. The number of likely N-dealkylation sites (tertiary alicyclic amines) is 1. The van der Waals surface area contributed by atoms with Crippen LogP contribution in [0.1, 0.15) is 23.6 Å². The summed E-state index contributed by atoms with van der Waals surface area (Å²) in [5.41, 5.74) is 0.881. The minimum Gasteiger partial charge on any atom is -0.507 e. The minimum absolute atomic E-state index is 0.0211. The number of nitrogens with zero attached hydrogens (tertiary/aromatic N) is 1. The summed E-state index contributed by atoms with van der Waals surface area (Å²) in [5.74, 6) is -0.391. The standard InChI is InChI=1S/C24H27NO7/c1-29-12-6-11-25-21(15-7-5-8-16(13-15)30-2)20(23(27)24(25)28)22(26)18-14-17(31-3)9-10-19(18)32-4/h5,7-10,13-14,21,26H,6,11-12H2,1-4H3/b22-20+. The highest BCUT2D eigenvalue weighted by Crippen LogP contribution is 2.42. The predicted molar refractivity (Wildman–Crippen MR) is 118 cm³/mol. The van der Waals surface area contributed by atoms with Gasteiger partial charge in [0.1, 0.15) is 23.0 Å². The van der Waals surface area contributed by atoms with Crippen LogP contribution >= 0.6 is 0 Å². The van der Waals surface area contributed by atoms with E-state index in [1.54, 1.807) is 49.6 Å². The molecule has 1 atom stereocenters. The van der Waals surface area contributed by atoms with Crippen molar-refractivity contribution in [2.45, 2.75) is 12.5 Å². The number of carbonyl (C=O) groups is 2. The Morgan fingerprint density at radius 2 is 1.69 bits per heavy atom. The molecule has 1 N–H and O–H groups in total. The van der Waals surface area contributed by atoms with Gasteiger partial charge in [0.15, 0.2) is 0 Å². The number of hydrogen-bond donors (Lipinski definition) is 1. The normalized spacial score (nSPS) is 17.5. The Kier molecular flexibility index (Phi) is 7.37. The molecule has 0 aliphatic carbocycles. The molecule has 3 rings (SSSR count). The molecule has 8 nitrogen and oxygen atoms in total. The first kappa shape index (κ1) is 23.1. The first-order chi connectivity index (χ1) is 15.5. The molecule has 1 saturated heterocycles. The van der Waals surface area contributed by atoms with Gasteiger partial charge in [0.05, 0.1) is 38.5 Å². The summed E-state index contributed by atoms with van der Waals surface area (Å²) in [6.45, 7) is 0.712. The topological polar surface area (TPSA) is 94.5 Å². The van der Waals surface area contributed by atoms with Crippen LogP contribution in [-0.4, -0.2) is 63.3 Å². The average Bonchev–Trinajstić information content (AvgIpc) is 3.08. The molecule has 1 fully saturated rings. The van der Waals surface area contributed by atoms with Crippen LogP contribution in [0.3, 0.4) is 0 Å². The zero-order valence-corrected chi connectivity index (χ0v) is 18.6. The van der Waals surface area contributed by atoms with Crippen molar-refractivity contribution in [2.75, 3.05) is 41.6 Å². The van der Waals surface area contributed by atoms with E-state index in [9.17, 15) is 14.7 Å². The summed E-state index contributed by atoms with van der Waals surface area (Å²) in [7, 11) is 6.07. The van der Waals surface area contributed by atoms with E-state index in [4.69, 9.17) is 18.9 Å². The van der Waals surface area contributed by atoms with E-state index in [-0.39, 0.29) is 23.4 Å². The highest BCUT2D eigenvalue weighted by molar-refractivity contribution is 6.46. The summed E-state index contributed by atoms with van der Waals surface area (Å²) in [5, 5.41) is 11.3. The van der Waals surface area contributed by atoms with Crippen molar-refractivity contribution in [1.29, 1.82) is 0 Å². The fourth-order valence-corrected chi connectivity index (χ4v) is 3.79. The Bertz CT molecular complexity index is 1030. The number of methoxy groups -OCH3 is 4. The van der Waals surface area contributed by atoms with Crippen molar-refractivity contribution in [3.05, 3.63) is 59.2 Å². The van der Waals surface area contributed by atoms with Crippen molar-refractivity contribution in [3.63, 3.8) is 0 Å². The Balaban J connectivity index is 2.20. The van der Waals surface area contributed by atoms with Gasteiger partial charge in [-0.25, -0.2) is 0 Å². The molecule has 32 heavy (non-hydrogen) atoms. The van der Waals surface area contributed by atoms with E-state index in [1.165, 1.54) is 26.2 Å². The van der Waals surface area contributed by atoms with Crippen LogP contribution in [0.5, 0.6) is 17.2 Å². The molecule has 2 aromatic rings. The van der Waals surface area contributed by atoms with Crippen molar-refractivity contribution in [1.82, 2.24) is 4.90 Å². The molecule has 0 bridgehead atoms. The first-order valence-electron chi connectivity index (χ1n) is 10.1. The first-order valence-corrected chi connectivity index (χ1v) is 10.1. The van der Waals surface area contributed by atoms with Gasteiger partial charge in [-0.3, -0.25) is 9.59 Å². The molecule has 1 unspecified atom stereocenters. The Morgan fingerprint density at radius 3 is 2.34 bits per heavy atom. The van der Waals surface area contributed by atoms with E-state index in [0.29, 0.717) is 35.8 Å². The van der Waals surface area contributed by atoms with E-state index in [0.717, 1.165) is 0 Å². The van der Waals surface area contributed by atoms with Gasteiger partial charge >= 0.3 is 0 Å². The van der Waals surface area contributed by atoms with E-state index in [1.807, 2.05) is 0 Å². The minimum atomic E-state index is -0.794. The molecule has 1 heterocycles. The fourth-order valence-electron chi connectivity index (χ4n) is 3.79. The SMILES string of the molecule is COCCCN1C(=O)C(=O)/C(=C(/O)c2cc(OC)ccc2OC)C1c1cccc(OC)c1. The average molecular weight is 441 g/mol. The monoisotopic (exact) mass is 441 g/mol. The van der Waals surface area contributed by atoms with Crippen LogP contribution in [-0.2, 0) is 14.3 Å². The lowest BCUT2D eigenvalue weighted by Gasteiger charge is -2.25. The van der Waals surface area contributed by atoms with Gasteiger partial charge in [0.25, 0.3) is 11.7 Å². The summed E-state index contributed by atoms with van der Waals surface area (Å²) in [4.78, 5) is 27.5. The Hall–Kier alpha value is -3.52. The van der Waals surface area contributed by atoms with Crippen LogP contribution in [0, 0.1) is 0 Å². The molecule has 0 spiro atoms. The van der Waals surface area contributed by atoms with Gasteiger partial charge < -0.3 is 29.0 Å². The zero-order valence-electron chi connectivity index (χ0n) is 18.6. The molecule has 2 aromatic carbocycles. The summed E-state index contributed by atoms with van der Waals surface area (Å²) in [6, 6.07) is 11.2. The Labute approximate surface area is 187 Å². The number of Topliss-reactive ketones (excluding diaryl/α,β-unsaturated/α-hetero) is 1. The number of hydrogen-bond acceptors (Lipinski definition) is 7. The van der Waals surface area contributed by atoms with Crippen molar-refractivity contribution >= 4 is 17.4 Å². The number of ether oxygens (including phenoxy) is 4. The molecular formula is C24H27NO7. The molecule has 1 aliphatic rings. The predicted octanol–water partition coefficient (Wildman–Crippen LogP) is 3.17. The van der Waals surface area contributed by atoms with Crippen molar-refractivity contribution < 1.29 is 33.6 Å². The number of aliphatic hydroxyl groups is 1. The van der Waals surface area contributed by atoms with Gasteiger partial charge in [-0.2, -0.15) is 0 Å². The highest BCUT2D eigenvalue weighted by atomic mass is 16.5. The lowest BCUT2D eigenvalue weighted by molar-refractivity contribution is -0.140. The molecule has 0 saturated carbocycles. The van der Waals surface area contributed by atoms with Crippen molar-refractivity contribution in [3.8, 4) is 17.2 Å². The number of amides is 1. The number of benzene rings is 2. The third kappa shape index (κ3) is 4.40. The van der Waals surface area contributed by atoms with Gasteiger partial charge in [0, 0.05) is 20.3 Å². The van der Waals surface area contributed by atoms with Crippen LogP contribution in [0.4, 0.5) is 0 Å². The van der Waals surface area contributed by atoms with Crippen molar-refractivity contribution in [2.24, 2.45) is 0 Å². The third-order valence-electron chi connectivity index (χ3n) is 5.36. The van der Waals surface area contributed by atoms with Crippen LogP contribution < -0.4 is 14.2 Å². The molecule has 8 heteroatoms. The van der Waals surface area contributed by atoms with E-state index >= 15 is 0 Å². The summed E-state index contributed by atoms with van der Waals surface area (Å²) in [6.07, 6.45) is 0.534. The third-order valence-corrected chi connectivity index (χ3v) is 5.36. The maximum absolute atomic E-state index is 13.1. The zero-order chi connectivity index (χ0) is 23.3. The lowest BCUT2D eigenvalue weighted by Crippen LogP contribution is -2.31. The number of ketones is 1. The van der Waals surface area contributed by atoms with E-state index in [2.05, 4.69) is 0 Å². The summed E-state index contributed by atoms with van der Waals surface area (Å²) >= 11 is 0. The van der Waals surface area contributed by atoms with Gasteiger partial charge in [0.2, 0.25) is 0 Å². The van der Waals surface area contributed by atoms with Crippen LogP contribution in [0.15, 0.2) is 48.0 Å². The van der Waals surface area contributed by atoms with Gasteiger partial charge in [-0.05, 0) is 42.3 Å². The molecular weight excluding hydrogens is 414 g/mol. The maximum Gasteiger partial charge on any atom is 0.295 e. The molecule has 1 aliphatic heterocycles. The number of aliphatic hydroxyl groups excluding tert-OH is 1. The van der Waals surface area contributed by atoms with Crippen LogP contribution in [0.2, 0.25) is 0 Å². The molecule has 1 amide bonds. The van der Waals surface area contributed by atoms with Gasteiger partial charge in [-0.1, -0.05) is 12.1 Å². The highest BCUT2D eigenvalue weighted by Gasteiger charge is 2.46. The number of carbonyl (C=O) groups excluding carboxylic acids is 2. The number of rotatable bonds is 9. The molecule has 0 aromatic heterocycles. The second-order valence-electron chi connectivity index (χ2n) is 7.18. The Morgan fingerprint density at radius 1 is 0.969 bits per heavy atom. The summed E-state index contributed by atoms with van der Waals surface area (Å²) < 4.78 is 21.1. The van der Waals surface area contributed by atoms with E-state index < -0.39 is 17.7 Å².